The molecule has 1 aromatic rings. The molecule has 0 spiro atoms. The molecule has 4 fully saturated rings. The van der Waals surface area contributed by atoms with Crippen LogP contribution in [0.2, 0.25) is 0 Å². The highest BCUT2D eigenvalue weighted by molar-refractivity contribution is 5.33. The number of benzene rings is 1. The van der Waals surface area contributed by atoms with E-state index < -0.39 is 0 Å². The molecule has 0 bridgehead atoms. The molecule has 10 unspecified atom stereocenters. The van der Waals surface area contributed by atoms with E-state index >= 15 is 0 Å². The zero-order valence-electron chi connectivity index (χ0n) is 19.4. The average molecular weight is 393 g/mol. The summed E-state index contributed by atoms with van der Waals surface area (Å²) in [4.78, 5) is 0. The summed E-state index contributed by atoms with van der Waals surface area (Å²) in [6.45, 7) is 10.1. The van der Waals surface area contributed by atoms with Crippen LogP contribution in [0.3, 0.4) is 0 Å². The van der Waals surface area contributed by atoms with Crippen LogP contribution in [0.15, 0.2) is 24.3 Å². The molecule has 0 heterocycles. The highest BCUT2D eigenvalue weighted by Crippen LogP contribution is 2.55. The van der Waals surface area contributed by atoms with Crippen molar-refractivity contribution >= 4 is 0 Å². The monoisotopic (exact) mass is 392 g/mol. The lowest BCUT2D eigenvalue weighted by atomic mass is 9.66. The van der Waals surface area contributed by atoms with Crippen LogP contribution in [-0.4, -0.2) is 0 Å². The minimum absolute atomic E-state index is 0.855. The van der Waals surface area contributed by atoms with E-state index in [4.69, 9.17) is 0 Å². The lowest BCUT2D eigenvalue weighted by molar-refractivity contribution is 0.129. The third kappa shape index (κ3) is 3.72. The fourth-order valence-corrected chi connectivity index (χ4v) is 8.47. The molecule has 10 atom stereocenters. The summed E-state index contributed by atoms with van der Waals surface area (Å²) in [7, 11) is 0. The lowest BCUT2D eigenvalue weighted by Crippen LogP contribution is -2.30. The van der Waals surface area contributed by atoms with Gasteiger partial charge < -0.3 is 0 Å². The van der Waals surface area contributed by atoms with Gasteiger partial charge in [-0.05, 0) is 128 Å². The van der Waals surface area contributed by atoms with Gasteiger partial charge in [0.1, 0.15) is 0 Å². The summed E-state index contributed by atoms with van der Waals surface area (Å²) >= 11 is 0. The number of rotatable bonds is 3. The quantitative estimate of drug-likeness (QED) is 0.487. The molecule has 4 saturated carbocycles. The maximum Gasteiger partial charge on any atom is -0.0128 e. The molecule has 4 aliphatic rings. The fraction of sp³-hybridized carbons (Fsp3) is 0.793. The van der Waals surface area contributed by atoms with Gasteiger partial charge in [0.05, 0.1) is 0 Å². The first-order chi connectivity index (χ1) is 14.0. The number of hydrogen-bond donors (Lipinski definition) is 0. The summed E-state index contributed by atoms with van der Waals surface area (Å²) in [6, 6.07) is 9.71. The standard InChI is InChI=1S/C29H44/c1-18-13-23-9-10-25(28(23)15-20(18)3)17-22-7-5-6-8-26(22)27-12-11-24-14-19(2)21(4)16-29(24)27/h5-8,18-21,23-25,27-29H,9-17H2,1-4H3. The third-order valence-corrected chi connectivity index (χ3v) is 10.6. The summed E-state index contributed by atoms with van der Waals surface area (Å²) in [5.74, 6) is 9.59. The summed E-state index contributed by atoms with van der Waals surface area (Å²) in [5.41, 5.74) is 3.50. The average Bonchev–Trinajstić information content (AvgIpc) is 3.27. The molecule has 29 heavy (non-hydrogen) atoms. The van der Waals surface area contributed by atoms with E-state index in [9.17, 15) is 0 Å². The lowest BCUT2D eigenvalue weighted by Gasteiger charge is -2.39. The SMILES string of the molecule is CC1CC2CCC(Cc3ccccc3C3CCC4CC(C)C(C)CC43)C2CC1C. The third-order valence-electron chi connectivity index (χ3n) is 10.6. The van der Waals surface area contributed by atoms with Crippen LogP contribution >= 0.6 is 0 Å². The molecule has 0 aromatic heterocycles. The van der Waals surface area contributed by atoms with Crippen molar-refractivity contribution in [3.63, 3.8) is 0 Å². The fourth-order valence-electron chi connectivity index (χ4n) is 8.47. The van der Waals surface area contributed by atoms with E-state index in [2.05, 4.69) is 52.0 Å². The first kappa shape index (κ1) is 20.1. The summed E-state index contributed by atoms with van der Waals surface area (Å²) in [5, 5.41) is 0. The minimum Gasteiger partial charge on any atom is -0.0622 e. The van der Waals surface area contributed by atoms with Crippen molar-refractivity contribution in [1.82, 2.24) is 0 Å². The molecule has 0 N–H and O–H groups in total. The second-order valence-electron chi connectivity index (χ2n) is 12.1. The molecule has 0 amide bonds. The minimum atomic E-state index is 0.855. The van der Waals surface area contributed by atoms with Crippen LogP contribution in [0.5, 0.6) is 0 Å². The first-order valence-corrected chi connectivity index (χ1v) is 13.1. The van der Waals surface area contributed by atoms with Gasteiger partial charge in [-0.1, -0.05) is 52.0 Å². The maximum atomic E-state index is 2.53. The van der Waals surface area contributed by atoms with Gasteiger partial charge in [-0.25, -0.2) is 0 Å². The molecule has 4 aliphatic carbocycles. The van der Waals surface area contributed by atoms with Gasteiger partial charge in [0.2, 0.25) is 0 Å². The van der Waals surface area contributed by atoms with Gasteiger partial charge in [-0.2, -0.15) is 0 Å². The topological polar surface area (TPSA) is 0 Å². The Hall–Kier alpha value is -0.780. The zero-order chi connectivity index (χ0) is 20.1. The van der Waals surface area contributed by atoms with Crippen LogP contribution in [0.4, 0.5) is 0 Å². The van der Waals surface area contributed by atoms with Crippen molar-refractivity contribution in [3.05, 3.63) is 35.4 Å². The van der Waals surface area contributed by atoms with E-state index in [1.807, 2.05) is 0 Å². The Labute approximate surface area is 180 Å². The predicted molar refractivity (Wildman–Crippen MR) is 124 cm³/mol. The Kier molecular flexibility index (Phi) is 5.59. The van der Waals surface area contributed by atoms with Crippen LogP contribution in [0.1, 0.15) is 96.1 Å². The second kappa shape index (κ2) is 8.05. The largest absolute Gasteiger partial charge is 0.0622 e. The van der Waals surface area contributed by atoms with E-state index in [1.54, 1.807) is 11.1 Å². The highest BCUT2D eigenvalue weighted by Gasteiger charge is 2.44. The van der Waals surface area contributed by atoms with Gasteiger partial charge in [0, 0.05) is 0 Å². The Balaban J connectivity index is 1.34. The van der Waals surface area contributed by atoms with Crippen molar-refractivity contribution in [2.75, 3.05) is 0 Å². The Bertz CT molecular complexity index is 704. The highest BCUT2D eigenvalue weighted by atomic mass is 14.5. The smallest absolute Gasteiger partial charge is 0.0128 e. The molecule has 0 nitrogen and oxygen atoms in total. The van der Waals surface area contributed by atoms with Gasteiger partial charge in [0.15, 0.2) is 0 Å². The van der Waals surface area contributed by atoms with Crippen molar-refractivity contribution in [2.45, 2.75) is 91.4 Å². The zero-order valence-corrected chi connectivity index (χ0v) is 19.4. The van der Waals surface area contributed by atoms with Crippen molar-refractivity contribution in [1.29, 1.82) is 0 Å². The Morgan fingerprint density at radius 3 is 2.00 bits per heavy atom. The van der Waals surface area contributed by atoms with E-state index in [0.717, 1.165) is 59.2 Å². The Morgan fingerprint density at radius 1 is 0.655 bits per heavy atom. The van der Waals surface area contributed by atoms with Crippen LogP contribution in [0, 0.1) is 53.3 Å². The molecule has 0 saturated heterocycles. The molecular formula is C29H44. The summed E-state index contributed by atoms with van der Waals surface area (Å²) < 4.78 is 0. The summed E-state index contributed by atoms with van der Waals surface area (Å²) in [6.07, 6.45) is 13.3. The second-order valence-corrected chi connectivity index (χ2v) is 12.1. The molecule has 1 aromatic carbocycles. The van der Waals surface area contributed by atoms with Crippen molar-refractivity contribution in [3.8, 4) is 0 Å². The number of fused-ring (bicyclic) bond motifs is 2. The van der Waals surface area contributed by atoms with E-state index in [1.165, 1.54) is 57.8 Å². The molecule has 0 radical (unpaired) electrons. The number of hydrogen-bond acceptors (Lipinski definition) is 0. The first-order valence-electron chi connectivity index (χ1n) is 13.1. The normalized spacial score (nSPS) is 47.0. The van der Waals surface area contributed by atoms with Gasteiger partial charge in [-0.15, -0.1) is 0 Å². The Morgan fingerprint density at radius 2 is 1.24 bits per heavy atom. The van der Waals surface area contributed by atoms with Crippen LogP contribution in [-0.2, 0) is 6.42 Å². The predicted octanol–water partition coefficient (Wildman–Crippen LogP) is 8.11. The maximum absolute atomic E-state index is 2.53. The van der Waals surface area contributed by atoms with Crippen LogP contribution in [0.25, 0.3) is 0 Å². The molecule has 0 aliphatic heterocycles. The molecule has 160 valence electrons. The van der Waals surface area contributed by atoms with E-state index in [-0.39, 0.29) is 0 Å². The molecule has 0 heteroatoms. The van der Waals surface area contributed by atoms with Crippen molar-refractivity contribution in [2.24, 2.45) is 53.3 Å². The molecular weight excluding hydrogens is 348 g/mol. The van der Waals surface area contributed by atoms with E-state index in [0.29, 0.717) is 0 Å². The van der Waals surface area contributed by atoms with Crippen LogP contribution < -0.4 is 0 Å². The van der Waals surface area contributed by atoms with Gasteiger partial charge in [0.25, 0.3) is 0 Å². The van der Waals surface area contributed by atoms with Crippen molar-refractivity contribution < 1.29 is 0 Å². The van der Waals surface area contributed by atoms with Gasteiger partial charge in [-0.3, -0.25) is 0 Å². The molecule has 5 rings (SSSR count). The van der Waals surface area contributed by atoms with Gasteiger partial charge >= 0.3 is 0 Å².